The Kier molecular flexibility index (Phi) is 5.35. The number of amides is 1. The molecule has 6 nitrogen and oxygen atoms in total. The summed E-state index contributed by atoms with van der Waals surface area (Å²) in [5.74, 6) is 0.220. The van der Waals surface area contributed by atoms with Gasteiger partial charge in [-0.1, -0.05) is 17.8 Å². The summed E-state index contributed by atoms with van der Waals surface area (Å²) >= 11 is 1.37. The van der Waals surface area contributed by atoms with E-state index in [0.717, 1.165) is 22.6 Å². The van der Waals surface area contributed by atoms with Gasteiger partial charge in [-0.2, -0.15) is 0 Å². The minimum absolute atomic E-state index is 0.0669. The fraction of sp³-hybridized carbons (Fsp3) is 0.167. The molecule has 1 aromatic carbocycles. The van der Waals surface area contributed by atoms with Crippen LogP contribution in [0.4, 0.5) is 11.4 Å². The van der Waals surface area contributed by atoms with Crippen molar-refractivity contribution in [1.29, 1.82) is 0 Å². The quantitative estimate of drug-likeness (QED) is 0.665. The Morgan fingerprint density at radius 3 is 2.80 bits per heavy atom. The van der Waals surface area contributed by atoms with E-state index in [-0.39, 0.29) is 11.7 Å². The van der Waals surface area contributed by atoms with Gasteiger partial charge in [-0.15, -0.1) is 0 Å². The maximum Gasteiger partial charge on any atom is 0.234 e. The van der Waals surface area contributed by atoms with E-state index in [1.807, 2.05) is 55.4 Å². The molecular weight excluding hydrogens is 334 g/mol. The van der Waals surface area contributed by atoms with Crippen molar-refractivity contribution in [2.24, 2.45) is 0 Å². The zero-order valence-corrected chi connectivity index (χ0v) is 14.9. The summed E-state index contributed by atoms with van der Waals surface area (Å²) in [5, 5.41) is 3.62. The minimum atomic E-state index is -0.0669. The lowest BCUT2D eigenvalue weighted by Crippen LogP contribution is -2.15. The molecule has 0 unspecified atom stereocenters. The Bertz CT molecular complexity index is 847. The third-order valence-corrected chi connectivity index (χ3v) is 4.42. The van der Waals surface area contributed by atoms with Crippen LogP contribution in [0.5, 0.6) is 0 Å². The van der Waals surface area contributed by atoms with E-state index >= 15 is 0 Å². The number of anilines is 2. The summed E-state index contributed by atoms with van der Waals surface area (Å²) in [7, 11) is 3.93. The standard InChI is InChI=1S/C18H19N5OS/c1-23(2)15-5-3-4-14(10-15)21-17(24)12-25-18-20-11-16(22-18)13-6-8-19-9-7-13/h3-11H,12H2,1-2H3,(H,20,22)(H,21,24). The third kappa shape index (κ3) is 4.60. The van der Waals surface area contributed by atoms with Crippen molar-refractivity contribution in [3.63, 3.8) is 0 Å². The predicted molar refractivity (Wildman–Crippen MR) is 102 cm³/mol. The number of hydrogen-bond acceptors (Lipinski definition) is 5. The number of imidazole rings is 1. The van der Waals surface area contributed by atoms with Crippen molar-refractivity contribution in [3.05, 3.63) is 55.0 Å². The number of aromatic nitrogens is 3. The van der Waals surface area contributed by atoms with Gasteiger partial charge < -0.3 is 15.2 Å². The number of nitrogens with zero attached hydrogens (tertiary/aromatic N) is 3. The molecule has 7 heteroatoms. The van der Waals surface area contributed by atoms with Crippen molar-refractivity contribution in [3.8, 4) is 11.3 Å². The number of benzene rings is 1. The van der Waals surface area contributed by atoms with Gasteiger partial charge >= 0.3 is 0 Å². The monoisotopic (exact) mass is 353 g/mol. The molecule has 0 saturated heterocycles. The molecule has 0 bridgehead atoms. The van der Waals surface area contributed by atoms with E-state index in [1.54, 1.807) is 18.6 Å². The normalized spacial score (nSPS) is 10.5. The van der Waals surface area contributed by atoms with Gasteiger partial charge in [-0.25, -0.2) is 4.98 Å². The zero-order chi connectivity index (χ0) is 17.6. The number of aromatic amines is 1. The van der Waals surface area contributed by atoms with Gasteiger partial charge in [0.15, 0.2) is 5.16 Å². The van der Waals surface area contributed by atoms with E-state index in [1.165, 1.54) is 11.8 Å². The highest BCUT2D eigenvalue weighted by Gasteiger charge is 2.08. The van der Waals surface area contributed by atoms with Crippen molar-refractivity contribution in [2.75, 3.05) is 30.1 Å². The highest BCUT2D eigenvalue weighted by atomic mass is 32.2. The molecule has 2 N–H and O–H groups in total. The van der Waals surface area contributed by atoms with Gasteiger partial charge in [-0.3, -0.25) is 9.78 Å². The van der Waals surface area contributed by atoms with Crippen LogP contribution in [0.25, 0.3) is 11.3 Å². The topological polar surface area (TPSA) is 73.9 Å². The average molecular weight is 353 g/mol. The second kappa shape index (κ2) is 7.85. The fourth-order valence-electron chi connectivity index (χ4n) is 2.25. The highest BCUT2D eigenvalue weighted by Crippen LogP contribution is 2.21. The number of rotatable bonds is 6. The van der Waals surface area contributed by atoms with Gasteiger partial charge in [0.1, 0.15) is 0 Å². The SMILES string of the molecule is CN(C)c1cccc(NC(=O)CSc2ncc(-c3ccncc3)[nH]2)c1. The first-order valence-electron chi connectivity index (χ1n) is 7.77. The molecule has 0 saturated carbocycles. The molecule has 2 aromatic heterocycles. The van der Waals surface area contributed by atoms with Crippen molar-refractivity contribution >= 4 is 29.0 Å². The first-order valence-corrected chi connectivity index (χ1v) is 8.76. The van der Waals surface area contributed by atoms with Crippen LogP contribution in [0, 0.1) is 0 Å². The molecule has 1 amide bonds. The van der Waals surface area contributed by atoms with Crippen LogP contribution < -0.4 is 10.2 Å². The lowest BCUT2D eigenvalue weighted by molar-refractivity contribution is -0.113. The maximum absolute atomic E-state index is 12.1. The van der Waals surface area contributed by atoms with Gasteiger partial charge in [0.2, 0.25) is 5.91 Å². The van der Waals surface area contributed by atoms with Gasteiger partial charge in [-0.05, 0) is 30.3 Å². The smallest absolute Gasteiger partial charge is 0.234 e. The maximum atomic E-state index is 12.1. The molecule has 128 valence electrons. The van der Waals surface area contributed by atoms with E-state index in [9.17, 15) is 4.79 Å². The van der Waals surface area contributed by atoms with E-state index in [0.29, 0.717) is 5.16 Å². The number of carbonyl (C=O) groups is 1. The fourth-order valence-corrected chi connectivity index (χ4v) is 2.90. The van der Waals surface area contributed by atoms with Crippen molar-refractivity contribution < 1.29 is 4.79 Å². The van der Waals surface area contributed by atoms with Crippen LogP contribution >= 0.6 is 11.8 Å². The molecule has 25 heavy (non-hydrogen) atoms. The largest absolute Gasteiger partial charge is 0.378 e. The van der Waals surface area contributed by atoms with Crippen molar-refractivity contribution in [1.82, 2.24) is 15.0 Å². The second-order valence-electron chi connectivity index (χ2n) is 5.62. The molecule has 0 fully saturated rings. The van der Waals surface area contributed by atoms with Crippen LogP contribution in [-0.4, -0.2) is 40.7 Å². The Morgan fingerprint density at radius 2 is 2.04 bits per heavy atom. The molecule has 2 heterocycles. The number of pyridine rings is 1. The molecular formula is C18H19N5OS. The summed E-state index contributed by atoms with van der Waals surface area (Å²) in [6, 6.07) is 11.6. The molecule has 0 aliphatic heterocycles. The number of H-pyrrole nitrogens is 1. The molecule has 0 spiro atoms. The molecule has 0 aliphatic rings. The highest BCUT2D eigenvalue weighted by molar-refractivity contribution is 7.99. The molecule has 0 atom stereocenters. The summed E-state index contributed by atoms with van der Waals surface area (Å²) in [6.45, 7) is 0. The number of carbonyl (C=O) groups excluding carboxylic acids is 1. The second-order valence-corrected chi connectivity index (χ2v) is 6.58. The Labute approximate surface area is 150 Å². The van der Waals surface area contributed by atoms with Crippen LogP contribution in [-0.2, 0) is 4.79 Å². The number of thioether (sulfide) groups is 1. The van der Waals surface area contributed by atoms with Gasteiger partial charge in [0.25, 0.3) is 0 Å². The number of nitrogens with one attached hydrogen (secondary N) is 2. The van der Waals surface area contributed by atoms with Crippen LogP contribution in [0.3, 0.4) is 0 Å². The Morgan fingerprint density at radius 1 is 1.24 bits per heavy atom. The molecule has 3 rings (SSSR count). The van der Waals surface area contributed by atoms with E-state index < -0.39 is 0 Å². The lowest BCUT2D eigenvalue weighted by atomic mass is 10.2. The summed E-state index contributed by atoms with van der Waals surface area (Å²) < 4.78 is 0. The van der Waals surface area contributed by atoms with Crippen molar-refractivity contribution in [2.45, 2.75) is 5.16 Å². The number of hydrogen-bond donors (Lipinski definition) is 2. The van der Waals surface area contributed by atoms with Crippen LogP contribution in [0.15, 0.2) is 60.1 Å². The summed E-state index contributed by atoms with van der Waals surface area (Å²) in [5.41, 5.74) is 3.75. The van der Waals surface area contributed by atoms with E-state index in [2.05, 4.69) is 20.3 Å². The Hall–Kier alpha value is -2.80. The first kappa shape index (κ1) is 17.0. The molecule has 0 aliphatic carbocycles. The third-order valence-electron chi connectivity index (χ3n) is 3.53. The zero-order valence-electron chi connectivity index (χ0n) is 14.1. The first-order chi connectivity index (χ1) is 12.1. The Balaban J connectivity index is 1.56. The molecule has 0 radical (unpaired) electrons. The van der Waals surface area contributed by atoms with Crippen LogP contribution in [0.1, 0.15) is 0 Å². The minimum Gasteiger partial charge on any atom is -0.378 e. The predicted octanol–water partition coefficient (Wildman–Crippen LogP) is 3.27. The summed E-state index contributed by atoms with van der Waals surface area (Å²) in [4.78, 5) is 25.7. The summed E-state index contributed by atoms with van der Waals surface area (Å²) in [6.07, 6.45) is 5.23. The van der Waals surface area contributed by atoms with Gasteiger partial charge in [0, 0.05) is 43.4 Å². The molecule has 3 aromatic rings. The van der Waals surface area contributed by atoms with Crippen LogP contribution in [0.2, 0.25) is 0 Å². The average Bonchev–Trinajstić information content (AvgIpc) is 3.10. The van der Waals surface area contributed by atoms with Gasteiger partial charge in [0.05, 0.1) is 17.6 Å². The lowest BCUT2D eigenvalue weighted by Gasteiger charge is -2.13. The van der Waals surface area contributed by atoms with E-state index in [4.69, 9.17) is 0 Å².